The Morgan fingerprint density at radius 2 is 1.74 bits per heavy atom. The van der Waals surface area contributed by atoms with Crippen LogP contribution >= 0.6 is 11.8 Å². The van der Waals surface area contributed by atoms with Crippen LogP contribution in [0.5, 0.6) is 0 Å². The summed E-state index contributed by atoms with van der Waals surface area (Å²) in [6.07, 6.45) is 4.08. The highest BCUT2D eigenvalue weighted by Crippen LogP contribution is 2.14. The quantitative estimate of drug-likeness (QED) is 0.671. The third-order valence-electron chi connectivity index (χ3n) is 4.23. The van der Waals surface area contributed by atoms with Crippen LogP contribution in [0.15, 0.2) is 64.6 Å². The minimum absolute atomic E-state index is 1.03. The molecule has 1 saturated heterocycles. The minimum Gasteiger partial charge on any atom is -0.328 e. The molecule has 4 heteroatoms. The van der Waals surface area contributed by atoms with Gasteiger partial charge in [-0.25, -0.2) is 0 Å². The Balaban J connectivity index is 1.47. The van der Waals surface area contributed by atoms with Crippen molar-refractivity contribution in [3.63, 3.8) is 0 Å². The number of hydrazone groups is 1. The van der Waals surface area contributed by atoms with Crippen molar-refractivity contribution in [3.05, 3.63) is 65.7 Å². The van der Waals surface area contributed by atoms with Crippen molar-refractivity contribution < 1.29 is 4.90 Å². The highest BCUT2D eigenvalue weighted by atomic mass is 32.2. The molecule has 1 fully saturated rings. The van der Waals surface area contributed by atoms with Gasteiger partial charge in [0.25, 0.3) is 0 Å². The topological polar surface area (TPSA) is 20.0 Å². The van der Waals surface area contributed by atoms with E-state index in [1.807, 2.05) is 6.21 Å². The third kappa shape index (κ3) is 4.85. The number of hydrogen-bond acceptors (Lipinski definition) is 3. The molecular weight excluding hydrogens is 302 g/mol. The Hall–Kier alpha value is -1.78. The Morgan fingerprint density at radius 3 is 2.39 bits per heavy atom. The maximum absolute atomic E-state index is 4.64. The molecule has 0 bridgehead atoms. The molecule has 0 saturated carbocycles. The molecule has 120 valence electrons. The molecular formula is C19H24N3S+. The Kier molecular flexibility index (Phi) is 5.72. The maximum atomic E-state index is 4.64. The number of benzene rings is 2. The highest BCUT2D eigenvalue weighted by Gasteiger charge is 2.18. The summed E-state index contributed by atoms with van der Waals surface area (Å²) in [5.74, 6) is 0. The van der Waals surface area contributed by atoms with Crippen molar-refractivity contribution in [2.75, 3.05) is 32.4 Å². The highest BCUT2D eigenvalue weighted by molar-refractivity contribution is 7.98. The Labute approximate surface area is 143 Å². The van der Waals surface area contributed by atoms with Crippen LogP contribution in [0.1, 0.15) is 11.1 Å². The van der Waals surface area contributed by atoms with Gasteiger partial charge in [-0.1, -0.05) is 42.5 Å². The largest absolute Gasteiger partial charge is 0.328 e. The van der Waals surface area contributed by atoms with E-state index >= 15 is 0 Å². The summed E-state index contributed by atoms with van der Waals surface area (Å²) in [4.78, 5) is 2.94. The normalized spacial score (nSPS) is 16.1. The van der Waals surface area contributed by atoms with E-state index < -0.39 is 0 Å². The first kappa shape index (κ1) is 16.1. The summed E-state index contributed by atoms with van der Waals surface area (Å²) in [6, 6.07) is 19.3. The molecule has 0 aliphatic carbocycles. The molecule has 0 radical (unpaired) electrons. The number of hydrogen-bond donors (Lipinski definition) is 1. The fraction of sp³-hybridized carbons (Fsp3) is 0.316. The third-order valence-corrected chi connectivity index (χ3v) is 4.97. The van der Waals surface area contributed by atoms with Gasteiger partial charge < -0.3 is 4.90 Å². The average Bonchev–Trinajstić information content (AvgIpc) is 2.62. The molecule has 0 aromatic heterocycles. The summed E-state index contributed by atoms with van der Waals surface area (Å²) in [5.41, 5.74) is 2.59. The summed E-state index contributed by atoms with van der Waals surface area (Å²) < 4.78 is 0. The van der Waals surface area contributed by atoms with E-state index in [1.165, 1.54) is 16.0 Å². The molecule has 0 spiro atoms. The van der Waals surface area contributed by atoms with Crippen LogP contribution in [0.3, 0.4) is 0 Å². The molecule has 3 rings (SSSR count). The molecule has 1 N–H and O–H groups in total. The van der Waals surface area contributed by atoms with Crippen LogP contribution in [0.4, 0.5) is 0 Å². The van der Waals surface area contributed by atoms with Gasteiger partial charge in [0.05, 0.1) is 32.4 Å². The van der Waals surface area contributed by atoms with E-state index in [0.29, 0.717) is 0 Å². The second-order valence-corrected chi connectivity index (χ2v) is 6.76. The van der Waals surface area contributed by atoms with E-state index in [9.17, 15) is 0 Å². The summed E-state index contributed by atoms with van der Waals surface area (Å²) in [5, 5.41) is 6.83. The average molecular weight is 326 g/mol. The van der Waals surface area contributed by atoms with Crippen molar-refractivity contribution in [2.24, 2.45) is 5.10 Å². The first-order chi connectivity index (χ1) is 11.3. The van der Waals surface area contributed by atoms with E-state index in [-0.39, 0.29) is 0 Å². The zero-order valence-corrected chi connectivity index (χ0v) is 14.4. The Bertz CT molecular complexity index is 617. The van der Waals surface area contributed by atoms with Crippen molar-refractivity contribution in [3.8, 4) is 0 Å². The molecule has 0 amide bonds. The SMILES string of the molecule is CSc1ccc(C=NN2CC[NH+](Cc3ccccc3)CC2)cc1. The van der Waals surface area contributed by atoms with Gasteiger partial charge in [-0.05, 0) is 24.0 Å². The number of piperazine rings is 1. The molecule has 2 aromatic rings. The van der Waals surface area contributed by atoms with Gasteiger partial charge in [-0.3, -0.25) is 5.01 Å². The summed E-state index contributed by atoms with van der Waals surface area (Å²) in [6.45, 7) is 5.48. The minimum atomic E-state index is 1.03. The summed E-state index contributed by atoms with van der Waals surface area (Å²) >= 11 is 1.77. The number of thioether (sulfide) groups is 1. The van der Waals surface area contributed by atoms with Crippen LogP contribution in [-0.2, 0) is 6.54 Å². The van der Waals surface area contributed by atoms with Crippen molar-refractivity contribution >= 4 is 18.0 Å². The first-order valence-corrected chi connectivity index (χ1v) is 9.36. The lowest BCUT2D eigenvalue weighted by Gasteiger charge is -2.30. The van der Waals surface area contributed by atoms with Gasteiger partial charge in [-0.15, -0.1) is 11.8 Å². The smallest absolute Gasteiger partial charge is 0.103 e. The number of quaternary nitrogens is 1. The lowest BCUT2D eigenvalue weighted by atomic mass is 10.2. The van der Waals surface area contributed by atoms with E-state index in [4.69, 9.17) is 0 Å². The molecule has 0 unspecified atom stereocenters. The van der Waals surface area contributed by atoms with Crippen molar-refractivity contribution in [1.82, 2.24) is 5.01 Å². The van der Waals surface area contributed by atoms with Crippen LogP contribution in [0, 0.1) is 0 Å². The molecule has 2 aromatic carbocycles. The number of nitrogens with one attached hydrogen (secondary N) is 1. The first-order valence-electron chi connectivity index (χ1n) is 8.14. The van der Waals surface area contributed by atoms with E-state index in [2.05, 4.69) is 71.0 Å². The van der Waals surface area contributed by atoms with Crippen LogP contribution in [0.2, 0.25) is 0 Å². The standard InChI is InChI=1S/C19H23N3S/c1-23-19-9-7-17(8-10-19)15-20-22-13-11-21(12-14-22)16-18-5-3-2-4-6-18/h2-10,15H,11-14,16H2,1H3/p+1. The van der Waals surface area contributed by atoms with E-state index in [0.717, 1.165) is 32.7 Å². The lowest BCUT2D eigenvalue weighted by Crippen LogP contribution is -3.13. The predicted molar refractivity (Wildman–Crippen MR) is 98.2 cm³/mol. The molecule has 1 aliphatic rings. The monoisotopic (exact) mass is 326 g/mol. The summed E-state index contributed by atoms with van der Waals surface area (Å²) in [7, 11) is 0. The van der Waals surface area contributed by atoms with Gasteiger partial charge in [0.2, 0.25) is 0 Å². The second-order valence-electron chi connectivity index (χ2n) is 5.88. The van der Waals surface area contributed by atoms with Crippen LogP contribution < -0.4 is 4.90 Å². The molecule has 3 nitrogen and oxygen atoms in total. The molecule has 1 aliphatic heterocycles. The van der Waals surface area contributed by atoms with Gasteiger partial charge >= 0.3 is 0 Å². The molecule has 1 heterocycles. The zero-order chi connectivity index (χ0) is 15.9. The van der Waals surface area contributed by atoms with Crippen LogP contribution in [0.25, 0.3) is 0 Å². The fourth-order valence-electron chi connectivity index (χ4n) is 2.83. The predicted octanol–water partition coefficient (Wildman–Crippen LogP) is 2.14. The second kappa shape index (κ2) is 8.18. The van der Waals surface area contributed by atoms with Gasteiger partial charge in [0.1, 0.15) is 6.54 Å². The lowest BCUT2D eigenvalue weighted by molar-refractivity contribution is -0.918. The van der Waals surface area contributed by atoms with Gasteiger partial charge in [0, 0.05) is 10.5 Å². The fourth-order valence-corrected chi connectivity index (χ4v) is 3.23. The molecule has 23 heavy (non-hydrogen) atoms. The Morgan fingerprint density at radius 1 is 1.04 bits per heavy atom. The van der Waals surface area contributed by atoms with Crippen molar-refractivity contribution in [2.45, 2.75) is 11.4 Å². The maximum Gasteiger partial charge on any atom is 0.103 e. The number of nitrogens with zero attached hydrogens (tertiary/aromatic N) is 2. The van der Waals surface area contributed by atoms with Gasteiger partial charge in [-0.2, -0.15) is 5.10 Å². The van der Waals surface area contributed by atoms with E-state index in [1.54, 1.807) is 16.7 Å². The number of rotatable bonds is 5. The molecule has 0 atom stereocenters. The van der Waals surface area contributed by atoms with Crippen LogP contribution in [-0.4, -0.2) is 43.7 Å². The zero-order valence-electron chi connectivity index (χ0n) is 13.6. The van der Waals surface area contributed by atoms with Crippen molar-refractivity contribution in [1.29, 1.82) is 0 Å². The van der Waals surface area contributed by atoms with Gasteiger partial charge in [0.15, 0.2) is 0 Å².